The maximum atomic E-state index is 5.22. The number of benzene rings is 9. The average molecular weight is 845 g/mol. The van der Waals surface area contributed by atoms with Gasteiger partial charge in [-0.3, -0.25) is 4.57 Å². The van der Waals surface area contributed by atoms with Crippen molar-refractivity contribution >= 4 is 38.9 Å². The molecule has 0 saturated carbocycles. The van der Waals surface area contributed by atoms with Crippen LogP contribution >= 0.6 is 0 Å². The fourth-order valence-electron chi connectivity index (χ4n) is 11.3. The van der Waals surface area contributed by atoms with E-state index >= 15 is 0 Å². The van der Waals surface area contributed by atoms with Crippen molar-refractivity contribution in [3.05, 3.63) is 259 Å². The van der Waals surface area contributed by atoms with E-state index in [9.17, 15) is 0 Å². The van der Waals surface area contributed by atoms with Crippen molar-refractivity contribution in [2.24, 2.45) is 0 Å². The van der Waals surface area contributed by atoms with Gasteiger partial charge in [0.2, 0.25) is 0 Å². The molecule has 312 valence electrons. The molecule has 1 aliphatic carbocycles. The van der Waals surface area contributed by atoms with Crippen LogP contribution in [-0.4, -0.2) is 23.3 Å². The molecule has 3 heterocycles. The molecule has 1 aliphatic heterocycles. The van der Waals surface area contributed by atoms with Crippen molar-refractivity contribution in [1.82, 2.24) is 9.55 Å². The highest BCUT2D eigenvalue weighted by Gasteiger charge is 2.46. The van der Waals surface area contributed by atoms with Crippen molar-refractivity contribution in [2.75, 3.05) is 23.5 Å². The minimum absolute atomic E-state index is 0.613. The van der Waals surface area contributed by atoms with Crippen LogP contribution < -0.4 is 9.80 Å². The summed E-state index contributed by atoms with van der Waals surface area (Å²) >= 11 is 0. The fraction of sp³-hybridized carbons (Fsp3) is 0.0484. The van der Waals surface area contributed by atoms with Gasteiger partial charge in [-0.2, -0.15) is 0 Å². The molecule has 0 fully saturated rings. The van der Waals surface area contributed by atoms with E-state index in [2.05, 4.69) is 252 Å². The van der Waals surface area contributed by atoms with Crippen molar-refractivity contribution in [3.63, 3.8) is 0 Å². The van der Waals surface area contributed by atoms with Crippen LogP contribution in [0, 0.1) is 0 Å². The van der Waals surface area contributed by atoms with Crippen LogP contribution in [0.5, 0.6) is 0 Å². The number of aromatic nitrogens is 2. The summed E-state index contributed by atoms with van der Waals surface area (Å²) in [5.41, 5.74) is 19.8. The van der Waals surface area contributed by atoms with E-state index in [0.29, 0.717) is 0 Å². The zero-order valence-electron chi connectivity index (χ0n) is 36.5. The molecule has 66 heavy (non-hydrogen) atoms. The molecule has 2 aliphatic rings. The standard InChI is InChI=1S/C62H44N4/c1-64-41-65(58-33-15-14-32-57(58)64)47-23-16-22-45(39-47)62(54-29-11-8-24-50(54)51-25-9-12-30-55(51)62)46-34-35-53-52-26-10-13-31-56(52)66(59(53)40-46)60-38-44(36-37-63-60)61-48(42-18-4-2-5-19-42)27-17-28-49(61)43-20-6-3-7-21-43/h2-40H,41H2,1H3. The van der Waals surface area contributed by atoms with Gasteiger partial charge in [-0.25, -0.2) is 4.98 Å². The number of nitrogens with zero attached hydrogens (tertiary/aromatic N) is 4. The Bertz CT molecular complexity index is 3560. The molecular weight excluding hydrogens is 801 g/mol. The zero-order valence-corrected chi connectivity index (χ0v) is 36.5. The van der Waals surface area contributed by atoms with Gasteiger partial charge in [0.15, 0.2) is 0 Å². The third-order valence-corrected chi connectivity index (χ3v) is 14.1. The third-order valence-electron chi connectivity index (χ3n) is 14.1. The van der Waals surface area contributed by atoms with Gasteiger partial charge in [0.05, 0.1) is 34.5 Å². The van der Waals surface area contributed by atoms with Crippen molar-refractivity contribution in [2.45, 2.75) is 5.41 Å². The first-order valence-corrected chi connectivity index (χ1v) is 22.8. The summed E-state index contributed by atoms with van der Waals surface area (Å²) in [6, 6.07) is 84.7. The van der Waals surface area contributed by atoms with Gasteiger partial charge in [-0.15, -0.1) is 0 Å². The second-order valence-electron chi connectivity index (χ2n) is 17.6. The predicted octanol–water partition coefficient (Wildman–Crippen LogP) is 15.1. The van der Waals surface area contributed by atoms with Gasteiger partial charge in [0.1, 0.15) is 5.82 Å². The lowest BCUT2D eigenvalue weighted by atomic mass is 9.67. The molecule has 4 nitrogen and oxygen atoms in total. The Morgan fingerprint density at radius 3 is 1.73 bits per heavy atom. The number of hydrogen-bond acceptors (Lipinski definition) is 3. The summed E-state index contributed by atoms with van der Waals surface area (Å²) in [5.74, 6) is 0.873. The minimum atomic E-state index is -0.613. The number of pyridine rings is 1. The molecule has 2 aromatic heterocycles. The second kappa shape index (κ2) is 15.1. The number of rotatable bonds is 7. The Balaban J connectivity index is 1.06. The largest absolute Gasteiger partial charge is 0.355 e. The summed E-state index contributed by atoms with van der Waals surface area (Å²) in [4.78, 5) is 9.99. The van der Waals surface area contributed by atoms with E-state index in [0.717, 1.165) is 29.1 Å². The highest BCUT2D eigenvalue weighted by Crippen LogP contribution is 2.57. The van der Waals surface area contributed by atoms with E-state index in [1.807, 2.05) is 6.20 Å². The molecule has 11 aromatic rings. The Morgan fingerprint density at radius 1 is 0.424 bits per heavy atom. The van der Waals surface area contributed by atoms with Gasteiger partial charge in [-0.1, -0.05) is 182 Å². The lowest BCUT2D eigenvalue weighted by Gasteiger charge is -2.35. The average Bonchev–Trinajstić information content (AvgIpc) is 4.02. The molecule has 0 bridgehead atoms. The zero-order chi connectivity index (χ0) is 43.8. The Morgan fingerprint density at radius 2 is 1.00 bits per heavy atom. The van der Waals surface area contributed by atoms with Crippen LogP contribution in [0.2, 0.25) is 0 Å². The molecule has 13 rings (SSSR count). The van der Waals surface area contributed by atoms with E-state index in [1.54, 1.807) is 0 Å². The predicted molar refractivity (Wildman–Crippen MR) is 274 cm³/mol. The molecule has 0 unspecified atom stereocenters. The molecule has 0 radical (unpaired) electrons. The van der Waals surface area contributed by atoms with Gasteiger partial charge in [0.25, 0.3) is 0 Å². The fourth-order valence-corrected chi connectivity index (χ4v) is 11.3. The molecule has 0 amide bonds. The number of hydrogen-bond donors (Lipinski definition) is 0. The monoisotopic (exact) mass is 844 g/mol. The van der Waals surface area contributed by atoms with Crippen LogP contribution in [0.4, 0.5) is 17.1 Å². The second-order valence-corrected chi connectivity index (χ2v) is 17.6. The number of anilines is 3. The first-order chi connectivity index (χ1) is 32.7. The summed E-state index contributed by atoms with van der Waals surface area (Å²) < 4.78 is 2.39. The van der Waals surface area contributed by atoms with Crippen LogP contribution in [0.15, 0.2) is 237 Å². The van der Waals surface area contributed by atoms with Crippen molar-refractivity contribution in [3.8, 4) is 50.3 Å². The lowest BCUT2D eigenvalue weighted by molar-refractivity contribution is 0.768. The van der Waals surface area contributed by atoms with E-state index in [4.69, 9.17) is 4.98 Å². The topological polar surface area (TPSA) is 24.3 Å². The van der Waals surface area contributed by atoms with Crippen LogP contribution in [0.25, 0.3) is 72.1 Å². The maximum absolute atomic E-state index is 5.22. The van der Waals surface area contributed by atoms with Gasteiger partial charge < -0.3 is 9.80 Å². The summed E-state index contributed by atoms with van der Waals surface area (Å²) in [6.45, 7) is 0.782. The van der Waals surface area contributed by atoms with E-state index in [-0.39, 0.29) is 0 Å². The molecule has 0 N–H and O–H groups in total. The Labute approximate surface area is 384 Å². The number of fused-ring (bicyclic) bond motifs is 7. The van der Waals surface area contributed by atoms with E-state index < -0.39 is 5.41 Å². The Hall–Kier alpha value is -8.47. The van der Waals surface area contributed by atoms with Crippen LogP contribution in [-0.2, 0) is 5.41 Å². The van der Waals surface area contributed by atoms with Crippen LogP contribution in [0.3, 0.4) is 0 Å². The lowest BCUT2D eigenvalue weighted by Crippen LogP contribution is -2.29. The molecular formula is C62H44N4. The normalized spacial score (nSPS) is 13.5. The molecule has 4 heteroatoms. The Kier molecular flexibility index (Phi) is 8.69. The van der Waals surface area contributed by atoms with Crippen molar-refractivity contribution in [1.29, 1.82) is 0 Å². The SMILES string of the molecule is CN1CN(c2cccc(C3(c4ccc5c6ccccc6n(-c6cc(-c7c(-c8ccccc8)cccc7-c7ccccc7)ccn6)c5c4)c4ccccc4-c4ccccc43)c2)c2ccccc21. The van der Waals surface area contributed by atoms with Gasteiger partial charge >= 0.3 is 0 Å². The van der Waals surface area contributed by atoms with Gasteiger partial charge in [0, 0.05) is 29.7 Å². The maximum Gasteiger partial charge on any atom is 0.138 e. The highest BCUT2D eigenvalue weighted by atomic mass is 15.4. The molecule has 9 aromatic carbocycles. The minimum Gasteiger partial charge on any atom is -0.355 e. The smallest absolute Gasteiger partial charge is 0.138 e. The van der Waals surface area contributed by atoms with Crippen LogP contribution in [0.1, 0.15) is 22.3 Å². The third kappa shape index (κ3) is 5.68. The molecule has 0 atom stereocenters. The quantitative estimate of drug-likeness (QED) is 0.160. The van der Waals surface area contributed by atoms with Gasteiger partial charge in [-0.05, 0) is 115 Å². The first-order valence-electron chi connectivity index (χ1n) is 22.8. The van der Waals surface area contributed by atoms with E-state index in [1.165, 1.54) is 89.0 Å². The summed E-state index contributed by atoms with van der Waals surface area (Å²) in [5, 5.41) is 2.39. The number of para-hydroxylation sites is 3. The molecule has 0 spiro atoms. The molecule has 0 saturated heterocycles. The summed E-state index contributed by atoms with van der Waals surface area (Å²) in [7, 11) is 2.18. The van der Waals surface area contributed by atoms with Crippen molar-refractivity contribution < 1.29 is 0 Å². The summed E-state index contributed by atoms with van der Waals surface area (Å²) in [6.07, 6.45) is 1.98. The highest BCUT2D eigenvalue weighted by molar-refractivity contribution is 6.10. The first kappa shape index (κ1) is 38.0.